The number of benzene rings is 1. The van der Waals surface area contributed by atoms with Crippen LogP contribution in [0.15, 0.2) is 42.6 Å². The third-order valence-electron chi connectivity index (χ3n) is 5.74. The molecule has 1 fully saturated rings. The molecule has 1 aliphatic heterocycles. The highest BCUT2D eigenvalue weighted by Crippen LogP contribution is 2.24. The summed E-state index contributed by atoms with van der Waals surface area (Å²) in [6.45, 7) is 8.62. The third kappa shape index (κ3) is 4.19. The number of amides is 1. The maximum atomic E-state index is 13.2. The summed E-state index contributed by atoms with van der Waals surface area (Å²) in [5.41, 5.74) is 2.66. The lowest BCUT2D eigenvalue weighted by Crippen LogP contribution is -2.36. The molecule has 4 rings (SSSR count). The van der Waals surface area contributed by atoms with E-state index in [2.05, 4.69) is 45.9 Å². The number of carbonyl (C=O) groups is 1. The van der Waals surface area contributed by atoms with E-state index in [4.69, 9.17) is 0 Å². The molecule has 2 aromatic heterocycles. The van der Waals surface area contributed by atoms with Crippen molar-refractivity contribution >= 4 is 11.7 Å². The normalized spacial score (nSPS) is 14.3. The number of carbonyl (C=O) groups excluding carboxylic acids is 1. The fraction of sp³-hybridized carbons (Fsp3) is 0.375. The molecule has 164 valence electrons. The van der Waals surface area contributed by atoms with Crippen molar-refractivity contribution in [2.24, 2.45) is 0 Å². The number of aryl methyl sites for hydroxylation is 1. The summed E-state index contributed by atoms with van der Waals surface area (Å²) >= 11 is 0. The molecule has 1 aromatic carbocycles. The second kappa shape index (κ2) is 9.18. The molecule has 0 spiro atoms. The van der Waals surface area contributed by atoms with E-state index in [0.717, 1.165) is 24.2 Å². The van der Waals surface area contributed by atoms with E-state index < -0.39 is 0 Å². The molecule has 32 heavy (non-hydrogen) atoms. The monoisotopic (exact) mass is 429 g/mol. The Labute approximate surface area is 188 Å². The van der Waals surface area contributed by atoms with Crippen molar-refractivity contribution in [1.29, 1.82) is 5.26 Å². The molecule has 0 saturated carbocycles. The minimum Gasteiger partial charge on any atom is -0.354 e. The van der Waals surface area contributed by atoms with E-state index in [9.17, 15) is 10.1 Å². The number of para-hydroxylation sites is 1. The van der Waals surface area contributed by atoms with Crippen molar-refractivity contribution in [3.63, 3.8) is 0 Å². The molecule has 0 unspecified atom stereocenters. The summed E-state index contributed by atoms with van der Waals surface area (Å²) < 4.78 is 1.76. The van der Waals surface area contributed by atoms with Crippen molar-refractivity contribution in [1.82, 2.24) is 24.6 Å². The predicted octanol–water partition coefficient (Wildman–Crippen LogP) is 3.32. The molecule has 1 saturated heterocycles. The van der Waals surface area contributed by atoms with E-state index in [1.165, 1.54) is 0 Å². The lowest BCUT2D eigenvalue weighted by atomic mass is 10.0. The van der Waals surface area contributed by atoms with E-state index in [1.807, 2.05) is 25.1 Å². The van der Waals surface area contributed by atoms with Crippen molar-refractivity contribution in [3.05, 3.63) is 65.4 Å². The Morgan fingerprint density at radius 2 is 1.91 bits per heavy atom. The van der Waals surface area contributed by atoms with Gasteiger partial charge in [0.05, 0.1) is 11.3 Å². The van der Waals surface area contributed by atoms with Crippen molar-refractivity contribution < 1.29 is 4.79 Å². The first kappa shape index (κ1) is 21.5. The van der Waals surface area contributed by atoms with E-state index in [1.54, 1.807) is 27.9 Å². The number of anilines is 1. The zero-order valence-electron chi connectivity index (χ0n) is 18.7. The standard InChI is InChI=1S/C24H27N7O/c1-17(2)20-9-4-5-10-21(20)31-18(3)27-22(28-31)24(32)30-13-7-12-29(14-15-30)23-19(16-25)8-6-11-26-23/h4-6,8-11,17H,7,12-15H2,1-3H3. The molecule has 0 bridgehead atoms. The van der Waals surface area contributed by atoms with Crippen LogP contribution in [0.4, 0.5) is 5.82 Å². The molecule has 3 heterocycles. The van der Waals surface area contributed by atoms with Gasteiger partial charge in [-0.3, -0.25) is 4.79 Å². The number of nitrogens with zero attached hydrogens (tertiary/aromatic N) is 7. The molecule has 8 heteroatoms. The van der Waals surface area contributed by atoms with Crippen LogP contribution in [-0.2, 0) is 0 Å². The Bertz CT molecular complexity index is 1160. The first-order chi connectivity index (χ1) is 15.5. The Morgan fingerprint density at radius 1 is 1.09 bits per heavy atom. The van der Waals surface area contributed by atoms with Gasteiger partial charge in [0, 0.05) is 32.4 Å². The maximum absolute atomic E-state index is 13.2. The minimum atomic E-state index is -0.169. The molecule has 0 radical (unpaired) electrons. The Kier molecular flexibility index (Phi) is 6.17. The SMILES string of the molecule is Cc1nc(C(=O)N2CCCN(c3ncccc3C#N)CC2)nn1-c1ccccc1C(C)C. The Morgan fingerprint density at radius 3 is 2.69 bits per heavy atom. The van der Waals surface area contributed by atoms with Gasteiger partial charge in [0.2, 0.25) is 5.82 Å². The van der Waals surface area contributed by atoms with Crippen LogP contribution in [0.2, 0.25) is 0 Å². The van der Waals surface area contributed by atoms with Crippen molar-refractivity contribution in [2.75, 3.05) is 31.1 Å². The molecule has 0 aliphatic carbocycles. The van der Waals surface area contributed by atoms with Gasteiger partial charge in [-0.2, -0.15) is 5.26 Å². The van der Waals surface area contributed by atoms with Gasteiger partial charge in [0.25, 0.3) is 5.91 Å². The Balaban J connectivity index is 1.54. The lowest BCUT2D eigenvalue weighted by Gasteiger charge is -2.22. The highest BCUT2D eigenvalue weighted by atomic mass is 16.2. The molecule has 1 amide bonds. The molecule has 3 aromatic rings. The number of nitriles is 1. The van der Waals surface area contributed by atoms with Crippen molar-refractivity contribution in [3.8, 4) is 11.8 Å². The van der Waals surface area contributed by atoms with Gasteiger partial charge in [-0.1, -0.05) is 32.0 Å². The van der Waals surface area contributed by atoms with E-state index in [-0.39, 0.29) is 11.7 Å². The second-order valence-electron chi connectivity index (χ2n) is 8.23. The molecule has 0 atom stereocenters. The summed E-state index contributed by atoms with van der Waals surface area (Å²) in [5, 5.41) is 14.0. The Hall–Kier alpha value is -3.73. The van der Waals surface area contributed by atoms with Gasteiger partial charge in [-0.05, 0) is 43.0 Å². The largest absolute Gasteiger partial charge is 0.354 e. The molecular formula is C24H27N7O. The zero-order chi connectivity index (χ0) is 22.7. The van der Waals surface area contributed by atoms with Gasteiger partial charge in [-0.25, -0.2) is 14.6 Å². The summed E-state index contributed by atoms with van der Waals surface area (Å²) in [5.74, 6) is 1.73. The van der Waals surface area contributed by atoms with E-state index in [0.29, 0.717) is 42.8 Å². The van der Waals surface area contributed by atoms with Gasteiger partial charge in [0.1, 0.15) is 17.7 Å². The quantitative estimate of drug-likeness (QED) is 0.632. The van der Waals surface area contributed by atoms with E-state index >= 15 is 0 Å². The number of aromatic nitrogens is 4. The molecule has 1 aliphatic rings. The highest BCUT2D eigenvalue weighted by molar-refractivity contribution is 5.90. The second-order valence-corrected chi connectivity index (χ2v) is 8.23. The average molecular weight is 430 g/mol. The number of hydrogen-bond acceptors (Lipinski definition) is 6. The fourth-order valence-corrected chi connectivity index (χ4v) is 4.09. The third-order valence-corrected chi connectivity index (χ3v) is 5.74. The predicted molar refractivity (Wildman–Crippen MR) is 122 cm³/mol. The fourth-order valence-electron chi connectivity index (χ4n) is 4.09. The highest BCUT2D eigenvalue weighted by Gasteiger charge is 2.26. The van der Waals surface area contributed by atoms with Crippen molar-refractivity contribution in [2.45, 2.75) is 33.1 Å². The lowest BCUT2D eigenvalue weighted by molar-refractivity contribution is 0.0755. The first-order valence-corrected chi connectivity index (χ1v) is 10.9. The van der Waals surface area contributed by atoms with Crippen LogP contribution < -0.4 is 4.90 Å². The number of hydrogen-bond donors (Lipinski definition) is 0. The topological polar surface area (TPSA) is 90.9 Å². The van der Waals surface area contributed by atoms with Crippen LogP contribution in [-0.4, -0.2) is 56.7 Å². The summed E-state index contributed by atoms with van der Waals surface area (Å²) in [6, 6.07) is 13.8. The number of rotatable bonds is 4. The van der Waals surface area contributed by atoms with Crippen LogP contribution in [0.5, 0.6) is 0 Å². The molecule has 0 N–H and O–H groups in total. The van der Waals surface area contributed by atoms with Crippen LogP contribution in [0, 0.1) is 18.3 Å². The minimum absolute atomic E-state index is 0.169. The van der Waals surface area contributed by atoms with Crippen LogP contribution >= 0.6 is 0 Å². The first-order valence-electron chi connectivity index (χ1n) is 10.9. The van der Waals surface area contributed by atoms with Crippen LogP contribution in [0.25, 0.3) is 5.69 Å². The maximum Gasteiger partial charge on any atom is 0.293 e. The number of pyridine rings is 1. The van der Waals surface area contributed by atoms with Gasteiger partial charge < -0.3 is 9.80 Å². The molecular weight excluding hydrogens is 402 g/mol. The average Bonchev–Trinajstić information content (AvgIpc) is 3.03. The van der Waals surface area contributed by atoms with Gasteiger partial charge in [0.15, 0.2) is 0 Å². The van der Waals surface area contributed by atoms with Crippen LogP contribution in [0.3, 0.4) is 0 Å². The summed E-state index contributed by atoms with van der Waals surface area (Å²) in [7, 11) is 0. The summed E-state index contributed by atoms with van der Waals surface area (Å²) in [4.78, 5) is 26.0. The summed E-state index contributed by atoms with van der Waals surface area (Å²) in [6.07, 6.45) is 2.47. The van der Waals surface area contributed by atoms with Crippen LogP contribution in [0.1, 0.15) is 53.8 Å². The van der Waals surface area contributed by atoms with Gasteiger partial charge in [-0.15, -0.1) is 5.10 Å². The molecule has 8 nitrogen and oxygen atoms in total. The van der Waals surface area contributed by atoms with Gasteiger partial charge >= 0.3 is 0 Å². The smallest absolute Gasteiger partial charge is 0.293 e. The zero-order valence-corrected chi connectivity index (χ0v) is 18.7.